The van der Waals surface area contributed by atoms with Crippen molar-refractivity contribution in [2.75, 3.05) is 0 Å². The van der Waals surface area contributed by atoms with Crippen molar-refractivity contribution < 1.29 is 9.90 Å². The summed E-state index contributed by atoms with van der Waals surface area (Å²) in [6.07, 6.45) is 4.52. The normalized spacial score (nSPS) is 17.9. The minimum atomic E-state index is -1.21. The van der Waals surface area contributed by atoms with E-state index in [4.69, 9.17) is 11.6 Å². The van der Waals surface area contributed by atoms with Crippen LogP contribution >= 0.6 is 11.6 Å². The van der Waals surface area contributed by atoms with E-state index in [1.807, 2.05) is 16.7 Å². The number of pyridine rings is 1. The summed E-state index contributed by atoms with van der Waals surface area (Å²) in [7, 11) is 0. The molecule has 4 nitrogen and oxygen atoms in total. The van der Waals surface area contributed by atoms with Crippen LogP contribution in [0.4, 0.5) is 0 Å². The van der Waals surface area contributed by atoms with Crippen molar-refractivity contribution in [3.63, 3.8) is 0 Å². The van der Waals surface area contributed by atoms with Crippen LogP contribution in [0.5, 0.6) is 0 Å². The molecule has 2 heterocycles. The number of carboxylic acids is 1. The van der Waals surface area contributed by atoms with Gasteiger partial charge in [-0.25, -0.2) is 4.79 Å². The molecule has 5 heteroatoms. The predicted octanol–water partition coefficient (Wildman–Crippen LogP) is 4.77. The Morgan fingerprint density at radius 2 is 1.96 bits per heavy atom. The fourth-order valence-corrected chi connectivity index (χ4v) is 3.95. The monoisotopic (exact) mass is 395 g/mol. The molecule has 1 aromatic carbocycles. The molecule has 1 N–H and O–H groups in total. The number of carbonyl (C=O) groups is 1. The lowest BCUT2D eigenvalue weighted by Crippen LogP contribution is -2.32. The molecule has 28 heavy (non-hydrogen) atoms. The summed E-state index contributed by atoms with van der Waals surface area (Å²) in [4.78, 5) is 23.9. The first-order chi connectivity index (χ1) is 13.1. The standard InChI is InChI=1S/C23H22ClNO3/c1-23(2,3)21-9-15-8-14(7-6-13-4-5-13)18(24)10-16(15)19-11-20(26)17(22(27)28)12-25(19)21/h8,10-13,21H,4-5,9H2,1-3H3,(H,27,28)/t21-/m0/s1. The van der Waals surface area contributed by atoms with Gasteiger partial charge >= 0.3 is 5.97 Å². The molecule has 2 aromatic rings. The van der Waals surface area contributed by atoms with Crippen molar-refractivity contribution in [1.82, 2.24) is 4.57 Å². The molecule has 0 spiro atoms. The Bertz CT molecular complexity index is 1110. The number of aromatic carboxylic acids is 1. The highest BCUT2D eigenvalue weighted by Crippen LogP contribution is 2.43. The van der Waals surface area contributed by atoms with Gasteiger partial charge in [0.2, 0.25) is 0 Å². The van der Waals surface area contributed by atoms with Gasteiger partial charge in [0.1, 0.15) is 5.56 Å². The van der Waals surface area contributed by atoms with Crippen molar-refractivity contribution in [2.45, 2.75) is 46.1 Å². The smallest absolute Gasteiger partial charge is 0.341 e. The summed E-state index contributed by atoms with van der Waals surface area (Å²) in [6.45, 7) is 6.36. The maximum absolute atomic E-state index is 12.4. The van der Waals surface area contributed by atoms with Gasteiger partial charge in [0.15, 0.2) is 5.43 Å². The Morgan fingerprint density at radius 1 is 1.25 bits per heavy atom. The van der Waals surface area contributed by atoms with Crippen LogP contribution in [0, 0.1) is 23.2 Å². The van der Waals surface area contributed by atoms with Crippen LogP contribution in [0.3, 0.4) is 0 Å². The lowest BCUT2D eigenvalue weighted by atomic mass is 9.78. The van der Waals surface area contributed by atoms with E-state index in [-0.39, 0.29) is 17.0 Å². The van der Waals surface area contributed by atoms with E-state index in [2.05, 4.69) is 32.6 Å². The Kier molecular flexibility index (Phi) is 4.39. The number of benzene rings is 1. The highest BCUT2D eigenvalue weighted by molar-refractivity contribution is 6.32. The van der Waals surface area contributed by atoms with E-state index in [9.17, 15) is 14.7 Å². The molecule has 1 aliphatic heterocycles. The van der Waals surface area contributed by atoms with Crippen molar-refractivity contribution in [2.24, 2.45) is 11.3 Å². The lowest BCUT2D eigenvalue weighted by Gasteiger charge is -2.39. The van der Waals surface area contributed by atoms with Crippen LogP contribution in [-0.4, -0.2) is 15.6 Å². The third-order valence-corrected chi connectivity index (χ3v) is 5.83. The SMILES string of the molecule is CC(C)(C)[C@@H]1Cc2cc(C#CC3CC3)c(Cl)cc2-c2cc(=O)c(C(=O)O)cn21. The van der Waals surface area contributed by atoms with Gasteiger partial charge in [0.05, 0.1) is 10.7 Å². The van der Waals surface area contributed by atoms with Gasteiger partial charge in [-0.1, -0.05) is 44.2 Å². The van der Waals surface area contributed by atoms with E-state index >= 15 is 0 Å². The third-order valence-electron chi connectivity index (χ3n) is 5.52. The second-order valence-electron chi connectivity index (χ2n) is 8.77. The summed E-state index contributed by atoms with van der Waals surface area (Å²) in [5.41, 5.74) is 2.66. The van der Waals surface area contributed by atoms with Crippen LogP contribution in [0.25, 0.3) is 11.3 Å². The molecule has 0 bridgehead atoms. The molecular weight excluding hydrogens is 374 g/mol. The molecular formula is C23H22ClNO3. The third kappa shape index (κ3) is 3.36. The summed E-state index contributed by atoms with van der Waals surface area (Å²) in [5.74, 6) is 5.75. The molecule has 0 amide bonds. The van der Waals surface area contributed by atoms with Crippen LogP contribution in [-0.2, 0) is 6.42 Å². The first-order valence-corrected chi connectivity index (χ1v) is 9.87. The van der Waals surface area contributed by atoms with Gasteiger partial charge < -0.3 is 9.67 Å². The van der Waals surface area contributed by atoms with E-state index < -0.39 is 11.4 Å². The molecule has 0 unspecified atom stereocenters. The zero-order valence-corrected chi connectivity index (χ0v) is 16.9. The number of halogens is 1. The minimum Gasteiger partial charge on any atom is -0.477 e. The number of aromatic nitrogens is 1. The average molecular weight is 396 g/mol. The van der Waals surface area contributed by atoms with Crippen LogP contribution in [0.15, 0.2) is 29.2 Å². The highest BCUT2D eigenvalue weighted by atomic mass is 35.5. The number of hydrogen-bond donors (Lipinski definition) is 1. The second kappa shape index (κ2) is 6.53. The molecule has 0 saturated heterocycles. The van der Waals surface area contributed by atoms with Gasteiger partial charge in [0, 0.05) is 35.3 Å². The minimum absolute atomic E-state index is 0.0131. The molecule has 1 atom stereocenters. The number of nitrogens with zero attached hydrogens (tertiary/aromatic N) is 1. The first-order valence-electron chi connectivity index (χ1n) is 9.49. The molecule has 4 rings (SSSR count). The van der Waals surface area contributed by atoms with Gasteiger partial charge in [-0.3, -0.25) is 4.79 Å². The van der Waals surface area contributed by atoms with Crippen molar-refractivity contribution >= 4 is 17.6 Å². The first kappa shape index (κ1) is 18.8. The van der Waals surface area contributed by atoms with Crippen LogP contribution in [0.1, 0.15) is 61.1 Å². The van der Waals surface area contributed by atoms with Crippen molar-refractivity contribution in [3.8, 4) is 23.1 Å². The zero-order chi connectivity index (χ0) is 20.2. The molecule has 1 saturated carbocycles. The number of fused-ring (bicyclic) bond motifs is 3. The van der Waals surface area contributed by atoms with E-state index in [0.29, 0.717) is 16.6 Å². The molecule has 1 aromatic heterocycles. The van der Waals surface area contributed by atoms with Gasteiger partial charge in [-0.15, -0.1) is 0 Å². The van der Waals surface area contributed by atoms with Crippen molar-refractivity contribution in [1.29, 1.82) is 0 Å². The Hall–Kier alpha value is -2.51. The highest BCUT2D eigenvalue weighted by Gasteiger charge is 2.33. The summed E-state index contributed by atoms with van der Waals surface area (Å²) >= 11 is 6.50. The number of hydrogen-bond acceptors (Lipinski definition) is 2. The van der Waals surface area contributed by atoms with E-state index in [1.54, 1.807) is 0 Å². The topological polar surface area (TPSA) is 59.3 Å². The van der Waals surface area contributed by atoms with Gasteiger partial charge in [0.25, 0.3) is 0 Å². The zero-order valence-electron chi connectivity index (χ0n) is 16.2. The second-order valence-corrected chi connectivity index (χ2v) is 9.17. The summed E-state index contributed by atoms with van der Waals surface area (Å²) < 4.78 is 1.93. The average Bonchev–Trinajstić information content (AvgIpc) is 3.42. The van der Waals surface area contributed by atoms with Crippen molar-refractivity contribution in [3.05, 3.63) is 56.3 Å². The van der Waals surface area contributed by atoms with E-state index in [0.717, 1.165) is 36.0 Å². The summed E-state index contributed by atoms with van der Waals surface area (Å²) in [5, 5.41) is 9.95. The summed E-state index contributed by atoms with van der Waals surface area (Å²) in [6, 6.07) is 5.33. The number of rotatable bonds is 1. The van der Waals surface area contributed by atoms with Gasteiger partial charge in [-0.2, -0.15) is 0 Å². The Balaban J connectivity index is 1.93. The molecule has 0 radical (unpaired) electrons. The van der Waals surface area contributed by atoms with E-state index in [1.165, 1.54) is 12.3 Å². The van der Waals surface area contributed by atoms with Gasteiger partial charge in [-0.05, 0) is 42.4 Å². The molecule has 144 valence electrons. The fraction of sp³-hybridized carbons (Fsp3) is 0.391. The Morgan fingerprint density at radius 3 is 2.57 bits per heavy atom. The lowest BCUT2D eigenvalue weighted by molar-refractivity contribution is 0.0693. The largest absolute Gasteiger partial charge is 0.477 e. The maximum Gasteiger partial charge on any atom is 0.341 e. The fourth-order valence-electron chi connectivity index (χ4n) is 3.74. The predicted molar refractivity (Wildman–Crippen MR) is 110 cm³/mol. The molecule has 2 aliphatic rings. The number of carboxylic acid groups (broad SMARTS) is 1. The molecule has 1 fully saturated rings. The molecule has 1 aliphatic carbocycles. The van der Waals surface area contributed by atoms with Crippen LogP contribution < -0.4 is 5.43 Å². The maximum atomic E-state index is 12.4. The van der Waals surface area contributed by atoms with Crippen LogP contribution in [0.2, 0.25) is 5.02 Å². The quantitative estimate of drug-likeness (QED) is 0.707. The Labute approximate surface area is 169 Å².